The van der Waals surface area contributed by atoms with Crippen molar-refractivity contribution in [2.24, 2.45) is 0 Å². The summed E-state index contributed by atoms with van der Waals surface area (Å²) >= 11 is 0. The number of hydrogen-bond donors (Lipinski definition) is 1. The molecule has 0 bridgehead atoms. The Hall–Kier alpha value is -1.44. The molecule has 0 atom stereocenters. The standard InChI is InChI=1S/C10H12N2/c1-2-3-4-9-5-6-12-8-10(9)7-11/h3-8,11H,2H2,1H3/b4-3-,11-7?. The molecule has 1 aromatic rings. The zero-order valence-electron chi connectivity index (χ0n) is 7.12. The van der Waals surface area contributed by atoms with E-state index in [1.54, 1.807) is 12.4 Å². The molecule has 0 saturated heterocycles. The van der Waals surface area contributed by atoms with Gasteiger partial charge in [0.2, 0.25) is 0 Å². The summed E-state index contributed by atoms with van der Waals surface area (Å²) in [5.41, 5.74) is 1.92. The second kappa shape index (κ2) is 4.44. The molecule has 0 fully saturated rings. The van der Waals surface area contributed by atoms with Crippen LogP contribution in [-0.4, -0.2) is 11.2 Å². The van der Waals surface area contributed by atoms with Crippen LogP contribution < -0.4 is 0 Å². The van der Waals surface area contributed by atoms with Gasteiger partial charge in [0.05, 0.1) is 0 Å². The second-order valence-corrected chi connectivity index (χ2v) is 2.46. The molecule has 0 spiro atoms. The Kier molecular flexibility index (Phi) is 3.20. The van der Waals surface area contributed by atoms with Crippen molar-refractivity contribution < 1.29 is 0 Å². The second-order valence-electron chi connectivity index (χ2n) is 2.46. The van der Waals surface area contributed by atoms with Gasteiger partial charge < -0.3 is 5.41 Å². The first-order chi connectivity index (χ1) is 5.88. The van der Waals surface area contributed by atoms with Crippen molar-refractivity contribution in [1.29, 1.82) is 5.41 Å². The molecule has 1 heterocycles. The smallest absolute Gasteiger partial charge is 0.0361 e. The fourth-order valence-electron chi connectivity index (χ4n) is 0.935. The van der Waals surface area contributed by atoms with E-state index in [0.29, 0.717) is 0 Å². The molecule has 1 N–H and O–H groups in total. The van der Waals surface area contributed by atoms with E-state index < -0.39 is 0 Å². The summed E-state index contributed by atoms with van der Waals surface area (Å²) in [6.07, 6.45) is 9.86. The topological polar surface area (TPSA) is 36.7 Å². The molecule has 2 nitrogen and oxygen atoms in total. The van der Waals surface area contributed by atoms with Crippen molar-refractivity contribution in [3.63, 3.8) is 0 Å². The Morgan fingerprint density at radius 1 is 1.50 bits per heavy atom. The van der Waals surface area contributed by atoms with Crippen LogP contribution in [0.25, 0.3) is 6.08 Å². The maximum atomic E-state index is 7.12. The van der Waals surface area contributed by atoms with E-state index >= 15 is 0 Å². The molecule has 2 heteroatoms. The largest absolute Gasteiger partial charge is 0.308 e. The number of pyridine rings is 1. The quantitative estimate of drug-likeness (QED) is 0.677. The van der Waals surface area contributed by atoms with Crippen molar-refractivity contribution in [2.45, 2.75) is 13.3 Å². The lowest BCUT2D eigenvalue weighted by Gasteiger charge is -1.96. The summed E-state index contributed by atoms with van der Waals surface area (Å²) in [4.78, 5) is 3.94. The molecule has 62 valence electrons. The average Bonchev–Trinajstić information content (AvgIpc) is 2.15. The number of aromatic nitrogens is 1. The number of nitrogens with zero attached hydrogens (tertiary/aromatic N) is 1. The van der Waals surface area contributed by atoms with Gasteiger partial charge in [0.1, 0.15) is 0 Å². The van der Waals surface area contributed by atoms with Gasteiger partial charge in [0.25, 0.3) is 0 Å². The van der Waals surface area contributed by atoms with E-state index in [2.05, 4.69) is 18.0 Å². The molecule has 0 unspecified atom stereocenters. The van der Waals surface area contributed by atoms with Crippen molar-refractivity contribution in [3.05, 3.63) is 35.7 Å². The maximum absolute atomic E-state index is 7.12. The summed E-state index contributed by atoms with van der Waals surface area (Å²) in [6.45, 7) is 2.09. The Labute approximate surface area is 72.5 Å². The van der Waals surface area contributed by atoms with Crippen LogP contribution in [0.4, 0.5) is 0 Å². The Bertz CT molecular complexity index is 290. The zero-order valence-corrected chi connectivity index (χ0v) is 7.12. The van der Waals surface area contributed by atoms with Gasteiger partial charge in [-0.3, -0.25) is 4.98 Å². The van der Waals surface area contributed by atoms with E-state index in [1.807, 2.05) is 12.1 Å². The first-order valence-electron chi connectivity index (χ1n) is 3.99. The van der Waals surface area contributed by atoms with Gasteiger partial charge in [0.15, 0.2) is 0 Å². The molecule has 0 saturated carbocycles. The lowest BCUT2D eigenvalue weighted by atomic mass is 10.1. The molecule has 0 aromatic carbocycles. The summed E-state index contributed by atoms with van der Waals surface area (Å²) in [5, 5.41) is 7.12. The lowest BCUT2D eigenvalue weighted by molar-refractivity contribution is 1.23. The molecule has 0 radical (unpaired) electrons. The number of rotatable bonds is 3. The van der Waals surface area contributed by atoms with Gasteiger partial charge in [-0.15, -0.1) is 0 Å². The van der Waals surface area contributed by atoms with Gasteiger partial charge in [-0.2, -0.15) is 0 Å². The summed E-state index contributed by atoms with van der Waals surface area (Å²) in [5.74, 6) is 0. The lowest BCUT2D eigenvalue weighted by Crippen LogP contribution is -1.86. The molecule has 0 aliphatic rings. The van der Waals surface area contributed by atoms with E-state index in [-0.39, 0.29) is 0 Å². The fraction of sp³-hybridized carbons (Fsp3) is 0.200. The van der Waals surface area contributed by atoms with Crippen LogP contribution in [0.2, 0.25) is 0 Å². The first-order valence-corrected chi connectivity index (χ1v) is 3.99. The maximum Gasteiger partial charge on any atom is 0.0361 e. The van der Waals surface area contributed by atoms with Crippen molar-refractivity contribution in [1.82, 2.24) is 4.98 Å². The van der Waals surface area contributed by atoms with Gasteiger partial charge in [-0.1, -0.05) is 19.1 Å². The first kappa shape index (κ1) is 8.65. The molecule has 1 rings (SSSR count). The number of nitrogens with one attached hydrogen (secondary N) is 1. The minimum absolute atomic E-state index is 0.863. The Morgan fingerprint density at radius 3 is 3.00 bits per heavy atom. The number of hydrogen-bond acceptors (Lipinski definition) is 2. The van der Waals surface area contributed by atoms with E-state index in [0.717, 1.165) is 17.5 Å². The minimum atomic E-state index is 0.863. The van der Waals surface area contributed by atoms with Crippen LogP contribution >= 0.6 is 0 Å². The summed E-state index contributed by atoms with van der Waals surface area (Å²) < 4.78 is 0. The monoisotopic (exact) mass is 160 g/mol. The average molecular weight is 160 g/mol. The molecular weight excluding hydrogens is 148 g/mol. The highest BCUT2D eigenvalue weighted by atomic mass is 14.6. The fourth-order valence-corrected chi connectivity index (χ4v) is 0.935. The van der Waals surface area contributed by atoms with Crippen LogP contribution in [0.1, 0.15) is 24.5 Å². The van der Waals surface area contributed by atoms with Crippen molar-refractivity contribution in [2.75, 3.05) is 0 Å². The van der Waals surface area contributed by atoms with E-state index in [4.69, 9.17) is 5.41 Å². The summed E-state index contributed by atoms with van der Waals surface area (Å²) in [6, 6.07) is 1.91. The van der Waals surface area contributed by atoms with Crippen molar-refractivity contribution in [3.8, 4) is 0 Å². The third kappa shape index (κ3) is 2.02. The van der Waals surface area contributed by atoms with E-state index in [1.165, 1.54) is 6.21 Å². The highest BCUT2D eigenvalue weighted by Crippen LogP contribution is 2.06. The molecule has 0 aliphatic heterocycles. The van der Waals surface area contributed by atoms with Crippen LogP contribution in [0.5, 0.6) is 0 Å². The van der Waals surface area contributed by atoms with Gasteiger partial charge in [-0.05, 0) is 18.1 Å². The predicted molar refractivity (Wildman–Crippen MR) is 51.4 cm³/mol. The minimum Gasteiger partial charge on any atom is -0.308 e. The highest BCUT2D eigenvalue weighted by Gasteiger charge is 1.92. The molecule has 0 aliphatic carbocycles. The molecular formula is C10H12N2. The van der Waals surface area contributed by atoms with E-state index in [9.17, 15) is 0 Å². The Balaban J connectivity index is 2.96. The third-order valence-electron chi connectivity index (χ3n) is 1.58. The molecule has 1 aromatic heterocycles. The predicted octanol–water partition coefficient (Wildman–Crippen LogP) is 2.50. The summed E-state index contributed by atoms with van der Waals surface area (Å²) in [7, 11) is 0. The zero-order chi connectivity index (χ0) is 8.81. The molecule has 12 heavy (non-hydrogen) atoms. The van der Waals surface area contributed by atoms with Gasteiger partial charge in [-0.25, -0.2) is 0 Å². The SMILES string of the molecule is CC/C=C\c1ccncc1C=N. The Morgan fingerprint density at radius 2 is 2.33 bits per heavy atom. The highest BCUT2D eigenvalue weighted by molar-refractivity contribution is 5.82. The van der Waals surface area contributed by atoms with Crippen LogP contribution in [-0.2, 0) is 0 Å². The number of allylic oxidation sites excluding steroid dienone is 1. The van der Waals surface area contributed by atoms with Gasteiger partial charge >= 0.3 is 0 Å². The van der Waals surface area contributed by atoms with Crippen LogP contribution in [0.15, 0.2) is 24.5 Å². The normalized spacial score (nSPS) is 10.4. The third-order valence-corrected chi connectivity index (χ3v) is 1.58. The molecule has 0 amide bonds. The van der Waals surface area contributed by atoms with Crippen LogP contribution in [0.3, 0.4) is 0 Å². The van der Waals surface area contributed by atoms with Crippen molar-refractivity contribution >= 4 is 12.3 Å². The van der Waals surface area contributed by atoms with Crippen LogP contribution in [0, 0.1) is 5.41 Å². The van der Waals surface area contributed by atoms with Gasteiger partial charge in [0, 0.05) is 24.2 Å².